The molecule has 2 rings (SSSR count). The molecule has 0 bridgehead atoms. The molecule has 5 heteroatoms. The Bertz CT molecular complexity index is 409. The Morgan fingerprint density at radius 3 is 2.79 bits per heavy atom. The molecule has 3 unspecified atom stereocenters. The number of nitrogens with zero attached hydrogens (tertiary/aromatic N) is 1. The van der Waals surface area contributed by atoms with Crippen molar-refractivity contribution < 1.29 is 14.4 Å². The largest absolute Gasteiger partial charge is 0.350 e. The van der Waals surface area contributed by atoms with Crippen molar-refractivity contribution in [2.24, 2.45) is 0 Å². The molecule has 1 fully saturated rings. The second-order valence-corrected chi connectivity index (χ2v) is 4.86. The van der Waals surface area contributed by atoms with Crippen LogP contribution < -0.4 is 0 Å². The molecule has 104 valence electrons. The highest BCUT2D eigenvalue weighted by Gasteiger charge is 2.26. The molecule has 1 aromatic carbocycles. The number of benzene rings is 1. The fraction of sp³-hybridized carbons (Fsp3) is 0.571. The molecule has 1 heterocycles. The van der Waals surface area contributed by atoms with E-state index < -0.39 is 6.10 Å². The molecule has 5 nitrogen and oxygen atoms in total. The van der Waals surface area contributed by atoms with Crippen LogP contribution >= 0.6 is 0 Å². The van der Waals surface area contributed by atoms with Crippen molar-refractivity contribution in [2.75, 3.05) is 6.54 Å². The van der Waals surface area contributed by atoms with E-state index in [-0.39, 0.29) is 23.9 Å². The molecule has 0 amide bonds. The summed E-state index contributed by atoms with van der Waals surface area (Å²) in [5, 5.41) is 10.8. The van der Waals surface area contributed by atoms with Gasteiger partial charge in [0.15, 0.2) is 6.29 Å². The summed E-state index contributed by atoms with van der Waals surface area (Å²) in [6.07, 6.45) is 2.12. The van der Waals surface area contributed by atoms with Crippen LogP contribution in [-0.4, -0.2) is 23.9 Å². The average Bonchev–Trinajstić information content (AvgIpc) is 2.38. The Labute approximate surface area is 112 Å². The van der Waals surface area contributed by atoms with Crippen LogP contribution in [0, 0.1) is 10.1 Å². The molecular formula is C14H19NO4. The van der Waals surface area contributed by atoms with E-state index in [2.05, 4.69) is 0 Å². The first kappa shape index (κ1) is 14.0. The SMILES string of the molecule is CC1CCCC(OC(C[N+](=O)[O-])c2ccccc2)O1. The van der Waals surface area contributed by atoms with Crippen molar-refractivity contribution >= 4 is 0 Å². The second kappa shape index (κ2) is 6.63. The Kier molecular flexibility index (Phi) is 4.87. The van der Waals surface area contributed by atoms with Crippen LogP contribution in [0.15, 0.2) is 30.3 Å². The van der Waals surface area contributed by atoms with Gasteiger partial charge in [-0.2, -0.15) is 0 Å². The number of hydrogen-bond donors (Lipinski definition) is 0. The van der Waals surface area contributed by atoms with Crippen LogP contribution in [0.3, 0.4) is 0 Å². The number of nitro groups is 1. The van der Waals surface area contributed by atoms with Gasteiger partial charge < -0.3 is 9.47 Å². The lowest BCUT2D eigenvalue weighted by atomic mass is 10.1. The maximum absolute atomic E-state index is 10.8. The van der Waals surface area contributed by atoms with Gasteiger partial charge in [0, 0.05) is 4.92 Å². The van der Waals surface area contributed by atoms with Gasteiger partial charge in [-0.25, -0.2) is 0 Å². The third-order valence-corrected chi connectivity index (χ3v) is 3.24. The molecule has 1 aliphatic heterocycles. The zero-order valence-electron chi connectivity index (χ0n) is 11.0. The van der Waals surface area contributed by atoms with Crippen molar-refractivity contribution in [1.29, 1.82) is 0 Å². The Morgan fingerprint density at radius 2 is 2.16 bits per heavy atom. The van der Waals surface area contributed by atoms with Crippen LogP contribution in [0.5, 0.6) is 0 Å². The van der Waals surface area contributed by atoms with Gasteiger partial charge in [-0.05, 0) is 31.7 Å². The number of rotatable bonds is 5. The minimum Gasteiger partial charge on any atom is -0.350 e. The molecule has 19 heavy (non-hydrogen) atoms. The first-order valence-corrected chi connectivity index (χ1v) is 6.63. The molecule has 0 spiro atoms. The Hall–Kier alpha value is -1.46. The summed E-state index contributed by atoms with van der Waals surface area (Å²) in [4.78, 5) is 10.4. The molecule has 0 aromatic heterocycles. The Balaban J connectivity index is 2.03. The summed E-state index contributed by atoms with van der Waals surface area (Å²) >= 11 is 0. The zero-order chi connectivity index (χ0) is 13.7. The molecule has 0 saturated carbocycles. The molecule has 0 radical (unpaired) electrons. The third-order valence-electron chi connectivity index (χ3n) is 3.24. The van der Waals surface area contributed by atoms with Gasteiger partial charge in [-0.3, -0.25) is 10.1 Å². The maximum Gasteiger partial charge on any atom is 0.233 e. The third kappa shape index (κ3) is 4.29. The van der Waals surface area contributed by atoms with Crippen molar-refractivity contribution in [2.45, 2.75) is 44.7 Å². The standard InChI is InChI=1S/C14H19NO4/c1-11-6-5-9-14(18-11)19-13(10-15(16)17)12-7-3-2-4-8-12/h2-4,7-8,11,13-14H,5-6,9-10H2,1H3. The first-order valence-electron chi connectivity index (χ1n) is 6.63. The van der Waals surface area contributed by atoms with Gasteiger partial charge in [0.05, 0.1) is 6.10 Å². The summed E-state index contributed by atoms with van der Waals surface area (Å²) in [5.41, 5.74) is 0.820. The fourth-order valence-corrected chi connectivity index (χ4v) is 2.28. The minimum absolute atomic E-state index is 0.158. The van der Waals surface area contributed by atoms with Gasteiger partial charge in [-0.1, -0.05) is 30.3 Å². The van der Waals surface area contributed by atoms with Gasteiger partial charge in [-0.15, -0.1) is 0 Å². The monoisotopic (exact) mass is 265 g/mol. The van der Waals surface area contributed by atoms with Crippen molar-refractivity contribution in [1.82, 2.24) is 0 Å². The van der Waals surface area contributed by atoms with Crippen LogP contribution in [0.25, 0.3) is 0 Å². The van der Waals surface area contributed by atoms with Crippen molar-refractivity contribution in [3.05, 3.63) is 46.0 Å². The fourth-order valence-electron chi connectivity index (χ4n) is 2.28. The molecular weight excluding hydrogens is 246 g/mol. The average molecular weight is 265 g/mol. The highest BCUT2D eigenvalue weighted by atomic mass is 16.7. The van der Waals surface area contributed by atoms with Crippen molar-refractivity contribution in [3.8, 4) is 0 Å². The van der Waals surface area contributed by atoms with Crippen molar-refractivity contribution in [3.63, 3.8) is 0 Å². The summed E-state index contributed by atoms with van der Waals surface area (Å²) in [6, 6.07) is 9.29. The first-order chi connectivity index (χ1) is 9.15. The topological polar surface area (TPSA) is 61.6 Å². The molecule has 1 aliphatic rings. The van der Waals surface area contributed by atoms with Crippen LogP contribution in [-0.2, 0) is 9.47 Å². The summed E-state index contributed by atoms with van der Waals surface area (Å²) in [6.45, 7) is 1.76. The van der Waals surface area contributed by atoms with E-state index in [0.717, 1.165) is 24.8 Å². The van der Waals surface area contributed by atoms with Gasteiger partial charge in [0.25, 0.3) is 0 Å². The van der Waals surface area contributed by atoms with Crippen LogP contribution in [0.1, 0.15) is 37.9 Å². The summed E-state index contributed by atoms with van der Waals surface area (Å²) in [7, 11) is 0. The van der Waals surface area contributed by atoms with Gasteiger partial charge in [0.1, 0.15) is 6.10 Å². The van der Waals surface area contributed by atoms with Crippen LogP contribution in [0.4, 0.5) is 0 Å². The van der Waals surface area contributed by atoms with E-state index in [0.29, 0.717) is 0 Å². The van der Waals surface area contributed by atoms with Gasteiger partial charge in [0.2, 0.25) is 6.54 Å². The minimum atomic E-state index is -0.550. The van der Waals surface area contributed by atoms with E-state index in [4.69, 9.17) is 9.47 Å². The van der Waals surface area contributed by atoms with Crippen LogP contribution in [0.2, 0.25) is 0 Å². The normalized spacial score (nSPS) is 24.9. The molecule has 1 saturated heterocycles. The van der Waals surface area contributed by atoms with E-state index in [1.54, 1.807) is 0 Å². The lowest BCUT2D eigenvalue weighted by molar-refractivity contribution is -0.496. The second-order valence-electron chi connectivity index (χ2n) is 4.86. The molecule has 1 aromatic rings. The molecule has 0 N–H and O–H groups in total. The maximum atomic E-state index is 10.8. The van der Waals surface area contributed by atoms with E-state index >= 15 is 0 Å². The smallest absolute Gasteiger partial charge is 0.233 e. The predicted octanol–water partition coefficient (Wildman–Crippen LogP) is 2.94. The zero-order valence-corrected chi connectivity index (χ0v) is 11.0. The predicted molar refractivity (Wildman–Crippen MR) is 70.3 cm³/mol. The van der Waals surface area contributed by atoms with E-state index in [9.17, 15) is 10.1 Å². The number of hydrogen-bond acceptors (Lipinski definition) is 4. The lowest BCUT2D eigenvalue weighted by Gasteiger charge is -2.30. The highest BCUT2D eigenvalue weighted by Crippen LogP contribution is 2.26. The number of ether oxygens (including phenoxy) is 2. The summed E-state index contributed by atoms with van der Waals surface area (Å²) in [5.74, 6) is 0. The molecule has 3 atom stereocenters. The van der Waals surface area contributed by atoms with E-state index in [1.165, 1.54) is 0 Å². The highest BCUT2D eigenvalue weighted by molar-refractivity contribution is 5.17. The molecule has 0 aliphatic carbocycles. The van der Waals surface area contributed by atoms with E-state index in [1.807, 2.05) is 37.3 Å². The lowest BCUT2D eigenvalue weighted by Crippen LogP contribution is -2.31. The Morgan fingerprint density at radius 1 is 1.42 bits per heavy atom. The van der Waals surface area contributed by atoms with Gasteiger partial charge >= 0.3 is 0 Å². The summed E-state index contributed by atoms with van der Waals surface area (Å²) < 4.78 is 11.5. The quantitative estimate of drug-likeness (QED) is 0.606.